The number of nitrogens with one attached hydrogen (secondary N) is 1. The van der Waals surface area contributed by atoms with E-state index in [1.807, 2.05) is 20.8 Å². The molecule has 1 atom stereocenters. The van der Waals surface area contributed by atoms with Gasteiger partial charge in [0.2, 0.25) is 10.0 Å². The Hall–Kier alpha value is -1.31. The minimum absolute atomic E-state index is 0.0534. The van der Waals surface area contributed by atoms with Gasteiger partial charge < -0.3 is 15.4 Å². The van der Waals surface area contributed by atoms with Crippen LogP contribution in [0.3, 0.4) is 0 Å². The Kier molecular flexibility index (Phi) is 4.19. The van der Waals surface area contributed by atoms with Gasteiger partial charge in [-0.25, -0.2) is 13.1 Å². The monoisotopic (exact) mass is 313 g/mol. The van der Waals surface area contributed by atoms with E-state index in [9.17, 15) is 8.42 Å². The van der Waals surface area contributed by atoms with E-state index in [-0.39, 0.29) is 16.6 Å². The molecule has 0 saturated carbocycles. The van der Waals surface area contributed by atoms with Gasteiger partial charge in [0.1, 0.15) is 0 Å². The highest BCUT2D eigenvalue weighted by molar-refractivity contribution is 7.89. The third-order valence-electron chi connectivity index (χ3n) is 3.49. The van der Waals surface area contributed by atoms with Crippen molar-refractivity contribution in [2.75, 3.05) is 30.8 Å². The topological polar surface area (TPSA) is 84.7 Å². The van der Waals surface area contributed by atoms with Crippen LogP contribution in [0.15, 0.2) is 23.1 Å². The van der Waals surface area contributed by atoms with E-state index in [1.54, 1.807) is 12.1 Å². The van der Waals surface area contributed by atoms with Gasteiger partial charge in [0, 0.05) is 13.1 Å². The fourth-order valence-electron chi connectivity index (χ4n) is 2.72. The smallest absolute Gasteiger partial charge is 0.240 e. The Morgan fingerprint density at radius 2 is 2.10 bits per heavy atom. The molecule has 1 fully saturated rings. The number of morpholine rings is 1. The number of nitrogens with two attached hydrogens (primary N) is 1. The summed E-state index contributed by atoms with van der Waals surface area (Å²) in [7, 11) is -2.09. The highest BCUT2D eigenvalue weighted by Gasteiger charge is 2.32. The lowest BCUT2D eigenvalue weighted by atomic mass is 10.0. The van der Waals surface area contributed by atoms with Crippen LogP contribution >= 0.6 is 0 Å². The molecule has 0 amide bonds. The number of hydrogen-bond acceptors (Lipinski definition) is 5. The van der Waals surface area contributed by atoms with Gasteiger partial charge in [-0.05, 0) is 46.0 Å². The van der Waals surface area contributed by atoms with Gasteiger partial charge in [0.15, 0.2) is 0 Å². The van der Waals surface area contributed by atoms with E-state index in [0.29, 0.717) is 18.8 Å². The molecular weight excluding hydrogens is 290 g/mol. The molecular formula is C14H23N3O3S. The number of benzene rings is 1. The Balaban J connectivity index is 2.41. The molecule has 2 rings (SSSR count). The number of rotatable bonds is 3. The quantitative estimate of drug-likeness (QED) is 0.819. The second kappa shape index (κ2) is 5.47. The molecule has 0 spiro atoms. The van der Waals surface area contributed by atoms with Crippen molar-refractivity contribution in [3.8, 4) is 0 Å². The number of nitrogens with zero attached hydrogens (tertiary/aromatic N) is 1. The van der Waals surface area contributed by atoms with E-state index in [0.717, 1.165) is 5.69 Å². The second-order valence-corrected chi connectivity index (χ2v) is 7.88. The molecule has 1 aliphatic rings. The Bertz CT molecular complexity index is 628. The SMILES string of the molecule is CNS(=O)(=O)c1ccc(N)c(N2CC(C)OC(C)(C)C2)c1. The average Bonchev–Trinajstić information content (AvgIpc) is 2.36. The summed E-state index contributed by atoms with van der Waals surface area (Å²) in [6, 6.07) is 4.77. The van der Waals surface area contributed by atoms with Crippen LogP contribution in [-0.2, 0) is 14.8 Å². The lowest BCUT2D eigenvalue weighted by Gasteiger charge is -2.43. The van der Waals surface area contributed by atoms with E-state index in [2.05, 4.69) is 9.62 Å². The lowest BCUT2D eigenvalue weighted by molar-refractivity contribution is -0.0749. The van der Waals surface area contributed by atoms with Gasteiger partial charge in [0.05, 0.1) is 28.0 Å². The summed E-state index contributed by atoms with van der Waals surface area (Å²) in [6.45, 7) is 7.36. The average molecular weight is 313 g/mol. The molecule has 6 nitrogen and oxygen atoms in total. The van der Waals surface area contributed by atoms with Gasteiger partial charge in [-0.15, -0.1) is 0 Å². The zero-order valence-electron chi connectivity index (χ0n) is 12.9. The molecule has 21 heavy (non-hydrogen) atoms. The fraction of sp³-hybridized carbons (Fsp3) is 0.571. The molecule has 1 unspecified atom stereocenters. The normalized spacial score (nSPS) is 22.3. The van der Waals surface area contributed by atoms with Gasteiger partial charge in [0.25, 0.3) is 0 Å². The first-order valence-electron chi connectivity index (χ1n) is 6.90. The Labute approximate surface area is 126 Å². The summed E-state index contributed by atoms with van der Waals surface area (Å²) in [5.74, 6) is 0. The first kappa shape index (κ1) is 16.1. The van der Waals surface area contributed by atoms with Crippen LogP contribution in [0, 0.1) is 0 Å². The van der Waals surface area contributed by atoms with Crippen molar-refractivity contribution in [1.29, 1.82) is 0 Å². The lowest BCUT2D eigenvalue weighted by Crippen LogP contribution is -2.52. The van der Waals surface area contributed by atoms with Crippen LogP contribution in [0.1, 0.15) is 20.8 Å². The maximum atomic E-state index is 11.9. The molecule has 1 aromatic carbocycles. The number of sulfonamides is 1. The summed E-state index contributed by atoms with van der Waals surface area (Å²) in [6.07, 6.45) is 0.0534. The van der Waals surface area contributed by atoms with Crippen molar-refractivity contribution in [1.82, 2.24) is 4.72 Å². The van der Waals surface area contributed by atoms with Gasteiger partial charge >= 0.3 is 0 Å². The molecule has 0 radical (unpaired) electrons. The third kappa shape index (κ3) is 3.48. The molecule has 0 aliphatic carbocycles. The number of hydrogen-bond donors (Lipinski definition) is 2. The Morgan fingerprint density at radius 1 is 1.43 bits per heavy atom. The maximum absolute atomic E-state index is 11.9. The van der Waals surface area contributed by atoms with E-state index >= 15 is 0 Å². The molecule has 118 valence electrons. The largest absolute Gasteiger partial charge is 0.397 e. The maximum Gasteiger partial charge on any atom is 0.240 e. The van der Waals surface area contributed by atoms with Crippen molar-refractivity contribution >= 4 is 21.4 Å². The minimum Gasteiger partial charge on any atom is -0.397 e. The molecule has 1 aromatic rings. The standard InChI is InChI=1S/C14H23N3O3S/c1-10-8-17(9-14(2,3)20-10)13-7-11(5-6-12(13)15)21(18,19)16-4/h5-7,10,16H,8-9,15H2,1-4H3. The molecule has 1 aliphatic heterocycles. The van der Waals surface area contributed by atoms with Crippen LogP contribution in [0.5, 0.6) is 0 Å². The van der Waals surface area contributed by atoms with Crippen LogP contribution in [-0.4, -0.2) is 40.3 Å². The second-order valence-electron chi connectivity index (χ2n) is 6.00. The highest BCUT2D eigenvalue weighted by atomic mass is 32.2. The van der Waals surface area contributed by atoms with Gasteiger partial charge in [-0.3, -0.25) is 0 Å². The first-order chi connectivity index (χ1) is 9.64. The van der Waals surface area contributed by atoms with Crippen molar-refractivity contribution in [2.24, 2.45) is 0 Å². The summed E-state index contributed by atoms with van der Waals surface area (Å²) in [5.41, 5.74) is 7.03. The van der Waals surface area contributed by atoms with Crippen molar-refractivity contribution in [3.63, 3.8) is 0 Å². The summed E-state index contributed by atoms with van der Waals surface area (Å²) >= 11 is 0. The van der Waals surface area contributed by atoms with E-state index in [1.165, 1.54) is 13.1 Å². The number of anilines is 2. The Morgan fingerprint density at radius 3 is 2.67 bits per heavy atom. The zero-order valence-corrected chi connectivity index (χ0v) is 13.7. The van der Waals surface area contributed by atoms with E-state index in [4.69, 9.17) is 10.5 Å². The molecule has 7 heteroatoms. The van der Waals surface area contributed by atoms with E-state index < -0.39 is 10.0 Å². The summed E-state index contributed by atoms with van der Waals surface area (Å²) in [4.78, 5) is 2.30. The summed E-state index contributed by atoms with van der Waals surface area (Å²) < 4.78 is 32.1. The third-order valence-corrected chi connectivity index (χ3v) is 4.90. The van der Waals surface area contributed by atoms with Crippen LogP contribution < -0.4 is 15.4 Å². The van der Waals surface area contributed by atoms with Crippen LogP contribution in [0.2, 0.25) is 0 Å². The molecule has 0 aromatic heterocycles. The van der Waals surface area contributed by atoms with Crippen molar-refractivity contribution in [2.45, 2.75) is 37.4 Å². The van der Waals surface area contributed by atoms with Crippen molar-refractivity contribution in [3.05, 3.63) is 18.2 Å². The number of ether oxygens (including phenoxy) is 1. The first-order valence-corrected chi connectivity index (χ1v) is 8.39. The van der Waals surface area contributed by atoms with Gasteiger partial charge in [-0.2, -0.15) is 0 Å². The minimum atomic E-state index is -3.48. The van der Waals surface area contributed by atoms with Crippen molar-refractivity contribution < 1.29 is 13.2 Å². The molecule has 1 saturated heterocycles. The summed E-state index contributed by atoms with van der Waals surface area (Å²) in [5, 5.41) is 0. The van der Waals surface area contributed by atoms with Gasteiger partial charge in [-0.1, -0.05) is 0 Å². The fourth-order valence-corrected chi connectivity index (χ4v) is 3.47. The van der Waals surface area contributed by atoms with Crippen LogP contribution in [0.4, 0.5) is 11.4 Å². The molecule has 3 N–H and O–H groups in total. The predicted octanol–water partition coefficient (Wildman–Crippen LogP) is 1.18. The highest BCUT2D eigenvalue weighted by Crippen LogP contribution is 2.31. The number of nitrogen functional groups attached to an aromatic ring is 1. The zero-order chi connectivity index (χ0) is 15.8. The molecule has 0 bridgehead atoms. The molecule has 1 heterocycles. The predicted molar refractivity (Wildman–Crippen MR) is 83.9 cm³/mol. The van der Waals surface area contributed by atoms with Crippen LogP contribution in [0.25, 0.3) is 0 Å².